The topological polar surface area (TPSA) is 108 Å². The molecule has 0 aliphatic rings. The highest BCUT2D eigenvalue weighted by Gasteiger charge is 2.36. The number of aromatic hydroxyl groups is 1. The van der Waals surface area contributed by atoms with Gasteiger partial charge in [-0.25, -0.2) is 4.79 Å². The minimum atomic E-state index is -0.980. The van der Waals surface area contributed by atoms with Crippen molar-refractivity contribution in [1.29, 1.82) is 0 Å². The highest BCUT2D eigenvalue weighted by atomic mass is 32.2. The Morgan fingerprint density at radius 3 is 2.31 bits per heavy atom. The van der Waals surface area contributed by atoms with Crippen molar-refractivity contribution in [3.8, 4) is 5.75 Å². The Hall–Kier alpha value is -3.20. The van der Waals surface area contributed by atoms with Gasteiger partial charge in [0.15, 0.2) is 0 Å². The SMILES string of the molecule is CCCCCN(C(=O)C(CCSC)NC(=O)OC(C)(C)C)C(C(=O)Nc1ccccc1C)c1ccc(O)cc1. The summed E-state index contributed by atoms with van der Waals surface area (Å²) in [7, 11) is 0. The van der Waals surface area contributed by atoms with E-state index in [1.165, 1.54) is 12.1 Å². The van der Waals surface area contributed by atoms with Crippen LogP contribution in [0.15, 0.2) is 48.5 Å². The van der Waals surface area contributed by atoms with Crippen molar-refractivity contribution < 1.29 is 24.2 Å². The molecule has 0 spiro atoms. The number of anilines is 1. The molecule has 0 aliphatic carbocycles. The van der Waals surface area contributed by atoms with Gasteiger partial charge in [-0.15, -0.1) is 0 Å². The molecule has 3 amide bonds. The van der Waals surface area contributed by atoms with E-state index in [0.29, 0.717) is 36.4 Å². The van der Waals surface area contributed by atoms with E-state index in [4.69, 9.17) is 4.74 Å². The number of para-hydroxylation sites is 1. The summed E-state index contributed by atoms with van der Waals surface area (Å²) in [6.07, 6.45) is 4.14. The normalized spacial score (nSPS) is 12.8. The summed E-state index contributed by atoms with van der Waals surface area (Å²) in [6, 6.07) is 11.9. The van der Waals surface area contributed by atoms with Crippen LogP contribution in [0.3, 0.4) is 0 Å². The van der Waals surface area contributed by atoms with Crippen molar-refractivity contribution in [2.45, 2.75) is 78.0 Å². The lowest BCUT2D eigenvalue weighted by molar-refractivity contribution is -0.141. The maximum absolute atomic E-state index is 14.2. The van der Waals surface area contributed by atoms with E-state index in [1.807, 2.05) is 37.4 Å². The molecule has 0 radical (unpaired) electrons. The second-order valence-corrected chi connectivity index (χ2v) is 11.5. The van der Waals surface area contributed by atoms with Gasteiger partial charge in [0.05, 0.1) is 0 Å². The van der Waals surface area contributed by atoms with Crippen molar-refractivity contribution in [3.63, 3.8) is 0 Å². The highest BCUT2D eigenvalue weighted by Crippen LogP contribution is 2.28. The predicted octanol–water partition coefficient (Wildman–Crippen LogP) is 6.05. The number of carbonyl (C=O) groups excluding carboxylic acids is 3. The summed E-state index contributed by atoms with van der Waals surface area (Å²) in [4.78, 5) is 42.3. The fourth-order valence-electron chi connectivity index (χ4n) is 4.09. The molecule has 2 unspecified atom stereocenters. The number of hydrogen-bond acceptors (Lipinski definition) is 6. The van der Waals surface area contributed by atoms with Crippen LogP contribution in [0.5, 0.6) is 5.75 Å². The first-order valence-electron chi connectivity index (χ1n) is 13.4. The van der Waals surface area contributed by atoms with Crippen LogP contribution in [-0.2, 0) is 14.3 Å². The van der Waals surface area contributed by atoms with Gasteiger partial charge < -0.3 is 25.4 Å². The number of alkyl carbamates (subject to hydrolysis) is 1. The van der Waals surface area contributed by atoms with E-state index in [-0.39, 0.29) is 17.6 Å². The molecule has 0 aromatic heterocycles. The predicted molar refractivity (Wildman–Crippen MR) is 158 cm³/mol. The maximum atomic E-state index is 14.2. The minimum Gasteiger partial charge on any atom is -0.508 e. The standard InChI is InChI=1S/C30H43N3O5S/c1-7-8-11-19-33(28(36)25(18-20-39-6)32-29(37)38-30(3,4)5)26(22-14-16-23(34)17-15-22)27(35)31-24-13-10-9-12-21(24)2/h9-10,12-17,25-26,34H,7-8,11,18-20H2,1-6H3,(H,31,35)(H,32,37). The molecule has 2 aromatic carbocycles. The van der Waals surface area contributed by atoms with Crippen LogP contribution >= 0.6 is 11.8 Å². The zero-order valence-electron chi connectivity index (χ0n) is 24.0. The fourth-order valence-corrected chi connectivity index (χ4v) is 4.56. The number of thioether (sulfide) groups is 1. The van der Waals surface area contributed by atoms with E-state index >= 15 is 0 Å². The highest BCUT2D eigenvalue weighted by molar-refractivity contribution is 7.98. The number of unbranched alkanes of at least 4 members (excludes halogenated alkanes) is 2. The van der Waals surface area contributed by atoms with Crippen LogP contribution < -0.4 is 10.6 Å². The van der Waals surface area contributed by atoms with Crippen LogP contribution in [0.25, 0.3) is 0 Å². The van der Waals surface area contributed by atoms with E-state index in [0.717, 1.165) is 18.4 Å². The van der Waals surface area contributed by atoms with Crippen molar-refractivity contribution >= 4 is 35.4 Å². The Labute approximate surface area is 236 Å². The molecule has 0 saturated carbocycles. The zero-order valence-corrected chi connectivity index (χ0v) is 24.8. The largest absolute Gasteiger partial charge is 0.508 e. The third-order valence-corrected chi connectivity index (χ3v) is 6.70. The average Bonchev–Trinajstić information content (AvgIpc) is 2.87. The Morgan fingerprint density at radius 1 is 1.05 bits per heavy atom. The average molecular weight is 558 g/mol. The van der Waals surface area contributed by atoms with Gasteiger partial charge in [0.25, 0.3) is 5.91 Å². The van der Waals surface area contributed by atoms with E-state index < -0.39 is 23.8 Å². The summed E-state index contributed by atoms with van der Waals surface area (Å²) in [5, 5.41) is 15.6. The molecule has 2 atom stereocenters. The molecule has 39 heavy (non-hydrogen) atoms. The number of carbonyl (C=O) groups is 3. The van der Waals surface area contributed by atoms with Gasteiger partial charge in [-0.1, -0.05) is 50.1 Å². The second-order valence-electron chi connectivity index (χ2n) is 10.5. The molecule has 0 bridgehead atoms. The number of nitrogens with one attached hydrogen (secondary N) is 2. The van der Waals surface area contributed by atoms with Crippen LogP contribution in [-0.4, -0.2) is 58.1 Å². The molecule has 3 N–H and O–H groups in total. The summed E-state index contributed by atoms with van der Waals surface area (Å²) >= 11 is 1.57. The van der Waals surface area contributed by atoms with Crippen molar-refractivity contribution in [3.05, 3.63) is 59.7 Å². The van der Waals surface area contributed by atoms with Gasteiger partial charge in [0, 0.05) is 12.2 Å². The summed E-state index contributed by atoms with van der Waals surface area (Å²) < 4.78 is 5.44. The fraction of sp³-hybridized carbons (Fsp3) is 0.500. The number of ether oxygens (including phenoxy) is 1. The third kappa shape index (κ3) is 10.5. The van der Waals surface area contributed by atoms with Crippen LogP contribution in [0.1, 0.15) is 70.5 Å². The number of rotatable bonds is 13. The first-order valence-corrected chi connectivity index (χ1v) is 14.8. The first-order chi connectivity index (χ1) is 18.5. The smallest absolute Gasteiger partial charge is 0.408 e. The van der Waals surface area contributed by atoms with Crippen molar-refractivity contribution in [2.24, 2.45) is 0 Å². The molecule has 9 heteroatoms. The van der Waals surface area contributed by atoms with Gasteiger partial charge in [-0.3, -0.25) is 9.59 Å². The van der Waals surface area contributed by atoms with Crippen LogP contribution in [0, 0.1) is 6.92 Å². The number of phenols is 1. The van der Waals surface area contributed by atoms with E-state index in [9.17, 15) is 19.5 Å². The van der Waals surface area contributed by atoms with Gasteiger partial charge in [-0.2, -0.15) is 11.8 Å². The summed E-state index contributed by atoms with van der Waals surface area (Å²) in [5.41, 5.74) is 1.38. The van der Waals surface area contributed by atoms with E-state index in [1.54, 1.807) is 49.6 Å². The van der Waals surface area contributed by atoms with Gasteiger partial charge in [0.1, 0.15) is 23.4 Å². The molecular weight excluding hydrogens is 514 g/mol. The van der Waals surface area contributed by atoms with Crippen LogP contribution in [0.2, 0.25) is 0 Å². The molecule has 2 rings (SSSR count). The van der Waals surface area contributed by atoms with Gasteiger partial charge >= 0.3 is 6.09 Å². The Balaban J connectivity index is 2.51. The lowest BCUT2D eigenvalue weighted by atomic mass is 10.0. The van der Waals surface area contributed by atoms with E-state index in [2.05, 4.69) is 17.6 Å². The Bertz CT molecular complexity index is 1080. The minimum absolute atomic E-state index is 0.0603. The van der Waals surface area contributed by atoms with Gasteiger partial charge in [0.2, 0.25) is 5.91 Å². The third-order valence-electron chi connectivity index (χ3n) is 6.06. The number of hydrogen-bond donors (Lipinski definition) is 3. The molecule has 0 fully saturated rings. The molecule has 0 aliphatic heterocycles. The quantitative estimate of drug-likeness (QED) is 0.259. The molecule has 214 valence electrons. The van der Waals surface area contributed by atoms with Gasteiger partial charge in [-0.05, 0) is 81.9 Å². The molecular formula is C30H43N3O5S. The molecule has 0 saturated heterocycles. The second kappa shape index (κ2) is 15.4. The zero-order chi connectivity index (χ0) is 29.0. The van der Waals surface area contributed by atoms with Crippen LogP contribution in [0.4, 0.5) is 10.5 Å². The molecule has 0 heterocycles. The number of amides is 3. The van der Waals surface area contributed by atoms with Crippen molar-refractivity contribution in [2.75, 3.05) is 23.9 Å². The van der Waals surface area contributed by atoms with Crippen molar-refractivity contribution in [1.82, 2.24) is 10.2 Å². The Kier molecular flexibility index (Phi) is 12.6. The Morgan fingerprint density at radius 2 is 1.72 bits per heavy atom. The monoisotopic (exact) mass is 557 g/mol. The number of benzene rings is 2. The lowest BCUT2D eigenvalue weighted by Crippen LogP contribution is -2.52. The molecule has 2 aromatic rings. The number of aryl methyl sites for hydroxylation is 1. The first kappa shape index (κ1) is 32.0. The summed E-state index contributed by atoms with van der Waals surface area (Å²) in [5.74, 6) is -0.0382. The maximum Gasteiger partial charge on any atom is 0.408 e. The summed E-state index contributed by atoms with van der Waals surface area (Å²) in [6.45, 7) is 9.58. The number of phenolic OH excluding ortho intramolecular Hbond substituents is 1. The lowest BCUT2D eigenvalue weighted by Gasteiger charge is -2.34. The number of nitrogens with zero attached hydrogens (tertiary/aromatic N) is 1. The molecule has 8 nitrogen and oxygen atoms in total.